The van der Waals surface area contributed by atoms with Crippen molar-refractivity contribution in [3.63, 3.8) is 0 Å². The van der Waals surface area contributed by atoms with Crippen LogP contribution in [0.1, 0.15) is 18.4 Å². The van der Waals surface area contributed by atoms with Gasteiger partial charge in [0.1, 0.15) is 0 Å². The number of carbonyl (C=O) groups is 1. The van der Waals surface area contributed by atoms with Gasteiger partial charge in [-0.15, -0.1) is 11.6 Å². The molecule has 2 rings (SSSR count). The maximum Gasteiger partial charge on any atom is 0.223 e. The molecular weight excluding hydrogens is 250 g/mol. The molecule has 1 unspecified atom stereocenters. The van der Waals surface area contributed by atoms with Crippen LogP contribution < -0.4 is 0 Å². The SMILES string of the molecule is O=C1CC(CCOCc2ccccc2)CN1CCl. The molecule has 1 aromatic carbocycles. The number of ether oxygens (including phenoxy) is 1. The van der Waals surface area contributed by atoms with E-state index in [2.05, 4.69) is 0 Å². The van der Waals surface area contributed by atoms with E-state index >= 15 is 0 Å². The van der Waals surface area contributed by atoms with E-state index in [1.165, 1.54) is 5.56 Å². The van der Waals surface area contributed by atoms with Gasteiger partial charge in [0.15, 0.2) is 0 Å². The van der Waals surface area contributed by atoms with Gasteiger partial charge in [-0.2, -0.15) is 0 Å². The topological polar surface area (TPSA) is 29.5 Å². The maximum absolute atomic E-state index is 11.5. The molecule has 0 aromatic heterocycles. The molecule has 0 saturated carbocycles. The summed E-state index contributed by atoms with van der Waals surface area (Å²) in [5.41, 5.74) is 1.18. The highest BCUT2D eigenvalue weighted by Crippen LogP contribution is 2.21. The van der Waals surface area contributed by atoms with Crippen LogP contribution in [-0.4, -0.2) is 30.0 Å². The highest BCUT2D eigenvalue weighted by atomic mass is 35.5. The minimum absolute atomic E-state index is 0.165. The lowest BCUT2D eigenvalue weighted by atomic mass is 10.1. The third kappa shape index (κ3) is 3.72. The number of benzene rings is 1. The van der Waals surface area contributed by atoms with E-state index in [1.807, 2.05) is 30.3 Å². The number of amides is 1. The number of rotatable bonds is 6. The Morgan fingerprint density at radius 3 is 2.78 bits per heavy atom. The molecule has 0 N–H and O–H groups in total. The van der Waals surface area contributed by atoms with Crippen molar-refractivity contribution in [1.29, 1.82) is 0 Å². The first-order valence-electron chi connectivity index (χ1n) is 6.25. The van der Waals surface area contributed by atoms with Gasteiger partial charge in [0, 0.05) is 19.6 Å². The molecule has 1 saturated heterocycles. The van der Waals surface area contributed by atoms with Crippen molar-refractivity contribution in [2.75, 3.05) is 19.2 Å². The van der Waals surface area contributed by atoms with Gasteiger partial charge in [0.05, 0.1) is 12.6 Å². The quantitative estimate of drug-likeness (QED) is 0.451. The molecular formula is C14H18ClNO2. The molecule has 18 heavy (non-hydrogen) atoms. The number of likely N-dealkylation sites (tertiary alicyclic amines) is 1. The van der Waals surface area contributed by atoms with Crippen molar-refractivity contribution in [1.82, 2.24) is 4.90 Å². The van der Waals surface area contributed by atoms with E-state index in [9.17, 15) is 4.79 Å². The zero-order chi connectivity index (χ0) is 12.8. The van der Waals surface area contributed by atoms with Gasteiger partial charge < -0.3 is 9.64 Å². The highest BCUT2D eigenvalue weighted by Gasteiger charge is 2.28. The molecule has 1 fully saturated rings. The predicted molar refractivity (Wildman–Crippen MR) is 71.3 cm³/mol. The standard InChI is InChI=1S/C14H18ClNO2/c15-11-16-9-13(8-14(16)17)6-7-18-10-12-4-2-1-3-5-12/h1-5,13H,6-11H2. The molecule has 98 valence electrons. The summed E-state index contributed by atoms with van der Waals surface area (Å²) in [5, 5.41) is 0. The second kappa shape index (κ2) is 6.76. The Balaban J connectivity index is 1.63. The molecule has 0 radical (unpaired) electrons. The van der Waals surface area contributed by atoms with E-state index in [1.54, 1.807) is 4.90 Å². The molecule has 1 aliphatic heterocycles. The van der Waals surface area contributed by atoms with E-state index in [-0.39, 0.29) is 5.91 Å². The lowest BCUT2D eigenvalue weighted by Crippen LogP contribution is -2.23. The molecule has 0 aliphatic carbocycles. The van der Waals surface area contributed by atoms with Crippen LogP contribution in [0.25, 0.3) is 0 Å². The predicted octanol–water partition coefficient (Wildman–Crippen LogP) is 2.64. The Morgan fingerprint density at radius 2 is 2.11 bits per heavy atom. The third-order valence-electron chi connectivity index (χ3n) is 3.22. The molecule has 1 heterocycles. The van der Waals surface area contributed by atoms with Gasteiger partial charge in [-0.05, 0) is 17.9 Å². The Kier molecular flexibility index (Phi) is 5.02. The normalized spacial score (nSPS) is 19.5. The summed E-state index contributed by atoms with van der Waals surface area (Å²) in [7, 11) is 0. The second-order valence-electron chi connectivity index (χ2n) is 4.63. The largest absolute Gasteiger partial charge is 0.377 e. The number of nitrogens with zero attached hydrogens (tertiary/aromatic N) is 1. The van der Waals surface area contributed by atoms with Crippen molar-refractivity contribution in [2.24, 2.45) is 5.92 Å². The maximum atomic E-state index is 11.5. The summed E-state index contributed by atoms with van der Waals surface area (Å²) in [6.07, 6.45) is 1.54. The average Bonchev–Trinajstić information content (AvgIpc) is 2.76. The Morgan fingerprint density at radius 1 is 1.33 bits per heavy atom. The first-order valence-corrected chi connectivity index (χ1v) is 6.78. The van der Waals surface area contributed by atoms with E-state index < -0.39 is 0 Å². The smallest absolute Gasteiger partial charge is 0.223 e. The Labute approximate surface area is 113 Å². The Hall–Kier alpha value is -1.06. The second-order valence-corrected chi connectivity index (χ2v) is 4.87. The number of hydrogen-bond acceptors (Lipinski definition) is 2. The van der Waals surface area contributed by atoms with E-state index in [0.29, 0.717) is 31.6 Å². The molecule has 4 heteroatoms. The Bertz CT molecular complexity index is 383. The van der Waals surface area contributed by atoms with Gasteiger partial charge in [0.2, 0.25) is 5.91 Å². The summed E-state index contributed by atoms with van der Waals surface area (Å²) >= 11 is 5.68. The summed E-state index contributed by atoms with van der Waals surface area (Å²) in [6.45, 7) is 2.11. The van der Waals surface area contributed by atoms with Gasteiger partial charge >= 0.3 is 0 Å². The molecule has 1 atom stereocenters. The van der Waals surface area contributed by atoms with Crippen LogP contribution in [0.15, 0.2) is 30.3 Å². The van der Waals surface area contributed by atoms with Crippen molar-refractivity contribution >= 4 is 17.5 Å². The fourth-order valence-corrected chi connectivity index (χ4v) is 2.41. The van der Waals surface area contributed by atoms with E-state index in [4.69, 9.17) is 16.3 Å². The molecule has 0 spiro atoms. The minimum atomic E-state index is 0.165. The minimum Gasteiger partial charge on any atom is -0.377 e. The summed E-state index contributed by atoms with van der Waals surface area (Å²) in [5.74, 6) is 0.560. The number of alkyl halides is 1. The first kappa shape index (κ1) is 13.4. The molecule has 0 bridgehead atoms. The van der Waals surface area contributed by atoms with Crippen LogP contribution in [-0.2, 0) is 16.1 Å². The van der Waals surface area contributed by atoms with Crippen LogP contribution >= 0.6 is 11.6 Å². The zero-order valence-electron chi connectivity index (χ0n) is 10.3. The van der Waals surface area contributed by atoms with Crippen molar-refractivity contribution in [3.8, 4) is 0 Å². The molecule has 1 aromatic rings. The fraction of sp³-hybridized carbons (Fsp3) is 0.500. The third-order valence-corrected chi connectivity index (χ3v) is 3.51. The van der Waals surface area contributed by atoms with Gasteiger partial charge in [0.25, 0.3) is 0 Å². The lowest BCUT2D eigenvalue weighted by molar-refractivity contribution is -0.126. The summed E-state index contributed by atoms with van der Waals surface area (Å²) in [4.78, 5) is 13.2. The van der Waals surface area contributed by atoms with Crippen molar-refractivity contribution in [3.05, 3.63) is 35.9 Å². The molecule has 3 nitrogen and oxygen atoms in total. The number of halogens is 1. The first-order chi connectivity index (χ1) is 8.79. The van der Waals surface area contributed by atoms with Crippen LogP contribution in [0.5, 0.6) is 0 Å². The van der Waals surface area contributed by atoms with Crippen LogP contribution in [0.3, 0.4) is 0 Å². The van der Waals surface area contributed by atoms with Crippen molar-refractivity contribution in [2.45, 2.75) is 19.4 Å². The monoisotopic (exact) mass is 267 g/mol. The average molecular weight is 268 g/mol. The van der Waals surface area contributed by atoms with E-state index in [0.717, 1.165) is 13.0 Å². The molecule has 1 aliphatic rings. The van der Waals surface area contributed by atoms with Gasteiger partial charge in [-0.1, -0.05) is 30.3 Å². The highest BCUT2D eigenvalue weighted by molar-refractivity contribution is 6.18. The van der Waals surface area contributed by atoms with Gasteiger partial charge in [-0.3, -0.25) is 4.79 Å². The lowest BCUT2D eigenvalue weighted by Gasteiger charge is -2.12. The van der Waals surface area contributed by atoms with Gasteiger partial charge in [-0.25, -0.2) is 0 Å². The van der Waals surface area contributed by atoms with Crippen molar-refractivity contribution < 1.29 is 9.53 Å². The number of carbonyl (C=O) groups excluding carboxylic acids is 1. The summed E-state index contributed by atoms with van der Waals surface area (Å²) in [6, 6.07) is 10.4. The fourth-order valence-electron chi connectivity index (χ4n) is 2.18. The van der Waals surface area contributed by atoms with Crippen LogP contribution in [0, 0.1) is 5.92 Å². The zero-order valence-corrected chi connectivity index (χ0v) is 11.1. The number of hydrogen-bond donors (Lipinski definition) is 0. The molecule has 1 amide bonds. The van der Waals surface area contributed by atoms with Crippen LogP contribution in [0.2, 0.25) is 0 Å². The summed E-state index contributed by atoms with van der Waals surface area (Å²) < 4.78 is 5.62. The van der Waals surface area contributed by atoms with Crippen LogP contribution in [0.4, 0.5) is 0 Å².